The van der Waals surface area contributed by atoms with Gasteiger partial charge in [0.25, 0.3) is 5.91 Å². The first kappa shape index (κ1) is 27.4. The maximum absolute atomic E-state index is 13.5. The molecule has 2 aliphatic heterocycles. The van der Waals surface area contributed by atoms with Crippen LogP contribution in [0.2, 0.25) is 0 Å². The van der Waals surface area contributed by atoms with Gasteiger partial charge in [-0.2, -0.15) is 0 Å². The van der Waals surface area contributed by atoms with Crippen LogP contribution in [0.15, 0.2) is 50.4 Å². The second kappa shape index (κ2) is 12.3. The number of likely N-dealkylation sites (tertiary alicyclic amines) is 2. The van der Waals surface area contributed by atoms with Gasteiger partial charge in [-0.25, -0.2) is 10.9 Å². The molecule has 0 spiro atoms. The highest BCUT2D eigenvalue weighted by atomic mass is 16.6. The van der Waals surface area contributed by atoms with Crippen LogP contribution < -0.4 is 16.5 Å². The van der Waals surface area contributed by atoms with Crippen LogP contribution in [0.1, 0.15) is 54.0 Å². The van der Waals surface area contributed by atoms with Crippen molar-refractivity contribution in [2.24, 2.45) is 10.9 Å². The molecule has 4 heterocycles. The van der Waals surface area contributed by atoms with Gasteiger partial charge < -0.3 is 24.0 Å². The fourth-order valence-corrected chi connectivity index (χ4v) is 5.07. The van der Waals surface area contributed by atoms with Gasteiger partial charge in [-0.05, 0) is 69.4 Å². The van der Waals surface area contributed by atoms with Crippen LogP contribution in [0.3, 0.4) is 0 Å². The number of guanidine groups is 1. The number of hydrogen-bond donors (Lipinski definition) is 3. The molecule has 2 fully saturated rings. The summed E-state index contributed by atoms with van der Waals surface area (Å²) in [6.07, 6.45) is 5.31. The Morgan fingerprint density at radius 1 is 1.12 bits per heavy atom. The SMILES string of the molecule is Cc1cc2cc(NC(=NC3CCCCN(CC(=O)N4CCCC4)C3=O)NC(=O)c3coc(CON)c3)ccc2o1. The van der Waals surface area contributed by atoms with E-state index in [0.717, 1.165) is 55.5 Å². The fraction of sp³-hybridized carbons (Fsp3) is 0.429. The maximum Gasteiger partial charge on any atom is 0.261 e. The Labute approximate surface area is 231 Å². The molecule has 2 aromatic heterocycles. The lowest BCUT2D eigenvalue weighted by atomic mass is 10.1. The number of amides is 3. The molecule has 0 saturated carbocycles. The summed E-state index contributed by atoms with van der Waals surface area (Å²) in [4.78, 5) is 52.1. The number of hydrogen-bond acceptors (Lipinski definition) is 8. The van der Waals surface area contributed by atoms with Crippen molar-refractivity contribution in [3.8, 4) is 0 Å². The third-order valence-electron chi connectivity index (χ3n) is 7.10. The number of rotatable bonds is 7. The van der Waals surface area contributed by atoms with Gasteiger partial charge in [-0.15, -0.1) is 0 Å². The molecule has 0 aliphatic carbocycles. The van der Waals surface area contributed by atoms with E-state index < -0.39 is 11.9 Å². The first-order valence-corrected chi connectivity index (χ1v) is 13.5. The Bertz CT molecular complexity index is 1410. The number of aliphatic imine (C=N–C) groups is 1. The van der Waals surface area contributed by atoms with Crippen molar-refractivity contribution < 1.29 is 28.1 Å². The fourth-order valence-electron chi connectivity index (χ4n) is 5.07. The summed E-state index contributed by atoms with van der Waals surface area (Å²) >= 11 is 0. The molecule has 0 radical (unpaired) electrons. The molecule has 2 aliphatic rings. The molecule has 12 nitrogen and oxygen atoms in total. The van der Waals surface area contributed by atoms with Crippen molar-refractivity contribution in [3.63, 3.8) is 0 Å². The topological polar surface area (TPSA) is 156 Å². The molecule has 3 aromatic rings. The van der Waals surface area contributed by atoms with Crippen molar-refractivity contribution in [3.05, 3.63) is 53.7 Å². The van der Waals surface area contributed by atoms with Gasteiger partial charge in [0, 0.05) is 30.7 Å². The molecule has 2 saturated heterocycles. The van der Waals surface area contributed by atoms with Gasteiger partial charge in [0.2, 0.25) is 17.8 Å². The van der Waals surface area contributed by atoms with E-state index in [-0.39, 0.29) is 36.5 Å². The molecule has 40 heavy (non-hydrogen) atoms. The molecule has 1 atom stereocenters. The van der Waals surface area contributed by atoms with Crippen molar-refractivity contribution in [1.29, 1.82) is 0 Å². The zero-order valence-corrected chi connectivity index (χ0v) is 22.5. The van der Waals surface area contributed by atoms with E-state index in [1.807, 2.05) is 30.0 Å². The average molecular weight is 551 g/mol. The minimum atomic E-state index is -0.762. The van der Waals surface area contributed by atoms with Crippen LogP contribution >= 0.6 is 0 Å². The van der Waals surface area contributed by atoms with Gasteiger partial charge in [0.1, 0.15) is 36.0 Å². The molecule has 4 N–H and O–H groups in total. The van der Waals surface area contributed by atoms with E-state index in [0.29, 0.717) is 24.4 Å². The molecule has 1 unspecified atom stereocenters. The second-order valence-electron chi connectivity index (χ2n) is 10.1. The highest BCUT2D eigenvalue weighted by Gasteiger charge is 2.30. The molecule has 212 valence electrons. The number of nitrogens with zero attached hydrogens (tertiary/aromatic N) is 3. The van der Waals surface area contributed by atoms with Gasteiger partial charge in [0.05, 0.1) is 12.1 Å². The Morgan fingerprint density at radius 3 is 2.73 bits per heavy atom. The number of aryl methyl sites for hydroxylation is 1. The number of nitrogens with one attached hydrogen (secondary N) is 2. The second-order valence-corrected chi connectivity index (χ2v) is 10.1. The zero-order chi connectivity index (χ0) is 28.1. The Hall–Kier alpha value is -4.16. The van der Waals surface area contributed by atoms with Crippen molar-refractivity contribution in [2.45, 2.75) is 51.7 Å². The normalized spacial score (nSPS) is 18.3. The molecule has 1 aromatic carbocycles. The summed E-state index contributed by atoms with van der Waals surface area (Å²) in [5.41, 5.74) is 1.63. The van der Waals surface area contributed by atoms with Crippen molar-refractivity contribution >= 4 is 40.3 Å². The summed E-state index contributed by atoms with van der Waals surface area (Å²) in [5, 5.41) is 6.82. The Kier molecular flexibility index (Phi) is 8.46. The number of anilines is 1. The van der Waals surface area contributed by atoms with Crippen LogP contribution in [-0.4, -0.2) is 65.7 Å². The molecule has 5 rings (SSSR count). The lowest BCUT2D eigenvalue weighted by Gasteiger charge is -2.25. The largest absolute Gasteiger partial charge is 0.466 e. The van der Waals surface area contributed by atoms with Gasteiger partial charge in [-0.1, -0.05) is 0 Å². The molecule has 0 bridgehead atoms. The van der Waals surface area contributed by atoms with Crippen molar-refractivity contribution in [2.75, 3.05) is 31.5 Å². The van der Waals surface area contributed by atoms with E-state index in [4.69, 9.17) is 14.7 Å². The van der Waals surface area contributed by atoms with Crippen LogP contribution in [0, 0.1) is 6.92 Å². The smallest absolute Gasteiger partial charge is 0.261 e. The molecular formula is C28H34N6O6. The van der Waals surface area contributed by atoms with Gasteiger partial charge in [-0.3, -0.25) is 24.5 Å². The first-order valence-electron chi connectivity index (χ1n) is 13.5. The van der Waals surface area contributed by atoms with Gasteiger partial charge >= 0.3 is 0 Å². The Morgan fingerprint density at radius 2 is 1.93 bits per heavy atom. The van der Waals surface area contributed by atoms with E-state index in [2.05, 4.69) is 20.5 Å². The van der Waals surface area contributed by atoms with Gasteiger partial charge in [0.15, 0.2) is 0 Å². The maximum atomic E-state index is 13.5. The molecular weight excluding hydrogens is 516 g/mol. The predicted octanol–water partition coefficient (Wildman–Crippen LogP) is 2.93. The highest BCUT2D eigenvalue weighted by Crippen LogP contribution is 2.23. The van der Waals surface area contributed by atoms with Crippen LogP contribution in [0.25, 0.3) is 11.0 Å². The minimum absolute atomic E-state index is 0.0131. The number of carbonyl (C=O) groups excluding carboxylic acids is 3. The number of fused-ring (bicyclic) bond motifs is 1. The van der Waals surface area contributed by atoms with Crippen LogP contribution in [-0.2, 0) is 21.0 Å². The summed E-state index contributed by atoms with van der Waals surface area (Å²) in [6, 6.07) is 8.16. The first-order chi connectivity index (χ1) is 19.4. The van der Waals surface area contributed by atoms with E-state index in [1.165, 1.54) is 12.3 Å². The number of nitrogens with two attached hydrogens (primary N) is 1. The monoisotopic (exact) mass is 550 g/mol. The van der Waals surface area contributed by atoms with E-state index >= 15 is 0 Å². The number of carbonyl (C=O) groups is 3. The summed E-state index contributed by atoms with van der Waals surface area (Å²) in [7, 11) is 0. The third-order valence-corrected chi connectivity index (χ3v) is 7.10. The Balaban J connectivity index is 1.38. The third kappa shape index (κ3) is 6.52. The number of benzene rings is 1. The minimum Gasteiger partial charge on any atom is -0.466 e. The summed E-state index contributed by atoms with van der Waals surface area (Å²) in [6.45, 7) is 3.88. The summed E-state index contributed by atoms with van der Waals surface area (Å²) in [5.74, 6) is 5.62. The van der Waals surface area contributed by atoms with E-state index in [9.17, 15) is 14.4 Å². The lowest BCUT2D eigenvalue weighted by Crippen LogP contribution is -2.45. The van der Waals surface area contributed by atoms with Crippen LogP contribution in [0.5, 0.6) is 0 Å². The predicted molar refractivity (Wildman–Crippen MR) is 147 cm³/mol. The highest BCUT2D eigenvalue weighted by molar-refractivity contribution is 6.10. The molecule has 3 amide bonds. The quantitative estimate of drug-likeness (QED) is 0.230. The van der Waals surface area contributed by atoms with Crippen molar-refractivity contribution in [1.82, 2.24) is 15.1 Å². The van der Waals surface area contributed by atoms with E-state index in [1.54, 1.807) is 11.0 Å². The summed E-state index contributed by atoms with van der Waals surface area (Å²) < 4.78 is 11.0. The lowest BCUT2D eigenvalue weighted by molar-refractivity contribution is -0.140. The number of furan rings is 2. The standard InChI is InChI=1S/C28H34N6O6/c1-18-12-19-13-21(7-8-24(19)40-18)30-28(32-26(36)20-14-22(17-39-29)38-16-20)31-23-6-2-3-11-34(27(23)37)15-25(35)33-9-4-5-10-33/h7-8,12-14,16,23H,2-6,9-11,15,17,29H2,1H3,(H2,30,31,32,36). The molecule has 12 heteroatoms. The average Bonchev–Trinajstić information content (AvgIpc) is 3.68. The van der Waals surface area contributed by atoms with Crippen LogP contribution in [0.4, 0.5) is 5.69 Å². The zero-order valence-electron chi connectivity index (χ0n) is 22.5.